The van der Waals surface area contributed by atoms with E-state index in [1.165, 1.54) is 4.90 Å². The van der Waals surface area contributed by atoms with Gasteiger partial charge >= 0.3 is 6.09 Å². The quantitative estimate of drug-likeness (QED) is 0.369. The number of ether oxygens (including phenoxy) is 1. The molecule has 0 unspecified atom stereocenters. The van der Waals surface area contributed by atoms with Gasteiger partial charge in [-0.15, -0.1) is 0 Å². The Labute approximate surface area is 112 Å². The number of amides is 1. The maximum Gasteiger partial charge on any atom is 0.414 e. The van der Waals surface area contributed by atoms with Crippen LogP contribution in [0, 0.1) is 0 Å². The number of amidine groups is 1. The van der Waals surface area contributed by atoms with Crippen LogP contribution >= 0.6 is 0 Å². The summed E-state index contributed by atoms with van der Waals surface area (Å²) in [5.74, 6) is 0.0679. The minimum atomic E-state index is -0.452. The highest BCUT2D eigenvalue weighted by Crippen LogP contribution is 2.15. The minimum absolute atomic E-state index is 0.0679. The van der Waals surface area contributed by atoms with E-state index in [0.717, 1.165) is 0 Å². The lowest BCUT2D eigenvalue weighted by Gasteiger charge is -2.23. The van der Waals surface area contributed by atoms with Gasteiger partial charge in [0.15, 0.2) is 0 Å². The van der Waals surface area contributed by atoms with Gasteiger partial charge < -0.3 is 15.7 Å². The zero-order valence-electron chi connectivity index (χ0n) is 11.1. The molecule has 1 aromatic rings. The Hall–Kier alpha value is -2.24. The number of hydrogen-bond donors (Lipinski definition) is 2. The van der Waals surface area contributed by atoms with Crippen LogP contribution in [0.3, 0.4) is 0 Å². The maximum atomic E-state index is 12.0. The van der Waals surface area contributed by atoms with Crippen LogP contribution in [0.2, 0.25) is 0 Å². The fraction of sp³-hybridized carbons (Fsp3) is 0.385. The molecule has 6 heteroatoms. The van der Waals surface area contributed by atoms with E-state index in [1.807, 2.05) is 18.2 Å². The zero-order valence-corrected chi connectivity index (χ0v) is 11.1. The molecule has 0 atom stereocenters. The Kier molecular flexibility index (Phi) is 5.66. The van der Waals surface area contributed by atoms with Crippen molar-refractivity contribution in [2.75, 3.05) is 11.4 Å². The summed E-state index contributed by atoms with van der Waals surface area (Å²) in [6, 6.07) is 9.11. The fourth-order valence-electron chi connectivity index (χ4n) is 1.48. The van der Waals surface area contributed by atoms with Crippen LogP contribution in [0.5, 0.6) is 0 Å². The van der Waals surface area contributed by atoms with Crippen molar-refractivity contribution >= 4 is 17.6 Å². The smallest absolute Gasteiger partial charge is 0.414 e. The summed E-state index contributed by atoms with van der Waals surface area (Å²) in [7, 11) is 0. The average Bonchev–Trinajstić information content (AvgIpc) is 2.39. The first kappa shape index (κ1) is 14.8. The van der Waals surface area contributed by atoms with Crippen molar-refractivity contribution in [2.24, 2.45) is 10.9 Å². The molecule has 3 N–H and O–H groups in total. The van der Waals surface area contributed by atoms with Gasteiger partial charge in [0.2, 0.25) is 0 Å². The summed E-state index contributed by atoms with van der Waals surface area (Å²) in [5, 5.41) is 11.4. The number of benzene rings is 1. The lowest BCUT2D eigenvalue weighted by molar-refractivity contribution is 0.122. The van der Waals surface area contributed by atoms with E-state index in [0.29, 0.717) is 5.69 Å². The van der Waals surface area contributed by atoms with Gasteiger partial charge in [-0.2, -0.15) is 0 Å². The van der Waals surface area contributed by atoms with Gasteiger partial charge in [0, 0.05) is 18.7 Å². The Bertz CT molecular complexity index is 432. The van der Waals surface area contributed by atoms with E-state index in [1.54, 1.807) is 26.0 Å². The molecule has 6 nitrogen and oxygen atoms in total. The molecule has 0 saturated heterocycles. The fourth-order valence-corrected chi connectivity index (χ4v) is 1.48. The molecule has 1 amide bonds. The van der Waals surface area contributed by atoms with Gasteiger partial charge in [0.25, 0.3) is 0 Å². The van der Waals surface area contributed by atoms with Crippen LogP contribution < -0.4 is 10.6 Å². The second kappa shape index (κ2) is 7.25. The normalized spacial score (nSPS) is 11.4. The molecule has 104 valence electrons. The van der Waals surface area contributed by atoms with Crippen molar-refractivity contribution in [2.45, 2.75) is 26.4 Å². The molecule has 0 aromatic heterocycles. The molecule has 0 saturated carbocycles. The Morgan fingerprint density at radius 3 is 2.58 bits per heavy atom. The summed E-state index contributed by atoms with van der Waals surface area (Å²) in [6.07, 6.45) is -0.395. The summed E-state index contributed by atoms with van der Waals surface area (Å²) >= 11 is 0. The summed E-state index contributed by atoms with van der Waals surface area (Å²) < 4.78 is 5.18. The van der Waals surface area contributed by atoms with E-state index in [-0.39, 0.29) is 24.9 Å². The van der Waals surface area contributed by atoms with E-state index in [4.69, 9.17) is 15.7 Å². The number of para-hydroxylation sites is 1. The topological polar surface area (TPSA) is 88.2 Å². The molecule has 0 spiro atoms. The lowest BCUT2D eigenvalue weighted by atomic mass is 10.2. The first-order valence-electron chi connectivity index (χ1n) is 6.04. The molecule has 0 fully saturated rings. The molecule has 1 rings (SSSR count). The van der Waals surface area contributed by atoms with Gasteiger partial charge in [-0.3, -0.25) is 4.90 Å². The molecule has 0 aliphatic rings. The van der Waals surface area contributed by atoms with E-state index in [9.17, 15) is 4.79 Å². The SMILES string of the molecule is CC(C)OC(=O)N(CCC(N)=NO)c1ccccc1. The standard InChI is InChI=1S/C13H19N3O3/c1-10(2)19-13(17)16(9-8-12(14)15-18)11-6-4-3-5-7-11/h3-7,10,18H,8-9H2,1-2H3,(H2,14,15). The monoisotopic (exact) mass is 265 g/mol. The number of hydrogen-bond acceptors (Lipinski definition) is 4. The van der Waals surface area contributed by atoms with Crippen LogP contribution in [0.4, 0.5) is 10.5 Å². The number of carbonyl (C=O) groups excluding carboxylic acids is 1. The minimum Gasteiger partial charge on any atom is -0.446 e. The van der Waals surface area contributed by atoms with Crippen LogP contribution in [0.1, 0.15) is 20.3 Å². The Morgan fingerprint density at radius 2 is 2.05 bits per heavy atom. The molecule has 0 radical (unpaired) electrons. The molecule has 0 heterocycles. The van der Waals surface area contributed by atoms with Crippen molar-refractivity contribution < 1.29 is 14.7 Å². The number of carbonyl (C=O) groups is 1. The third kappa shape index (κ3) is 4.87. The highest BCUT2D eigenvalue weighted by molar-refractivity contribution is 5.89. The summed E-state index contributed by atoms with van der Waals surface area (Å²) in [5.41, 5.74) is 6.13. The van der Waals surface area contributed by atoms with Crippen molar-refractivity contribution in [3.05, 3.63) is 30.3 Å². The number of anilines is 1. The zero-order chi connectivity index (χ0) is 14.3. The number of nitrogens with zero attached hydrogens (tertiary/aromatic N) is 2. The van der Waals surface area contributed by atoms with Gasteiger partial charge in [-0.25, -0.2) is 4.79 Å². The van der Waals surface area contributed by atoms with E-state index < -0.39 is 6.09 Å². The molecule has 19 heavy (non-hydrogen) atoms. The van der Waals surface area contributed by atoms with Gasteiger partial charge in [0.05, 0.1) is 6.10 Å². The van der Waals surface area contributed by atoms with Crippen molar-refractivity contribution in [1.29, 1.82) is 0 Å². The predicted molar refractivity (Wildman–Crippen MR) is 73.4 cm³/mol. The Balaban J connectivity index is 2.82. The van der Waals surface area contributed by atoms with Gasteiger partial charge in [-0.1, -0.05) is 23.4 Å². The number of oxime groups is 1. The van der Waals surface area contributed by atoms with Gasteiger partial charge in [-0.05, 0) is 26.0 Å². The molecule has 1 aromatic carbocycles. The van der Waals surface area contributed by atoms with Gasteiger partial charge in [0.1, 0.15) is 5.84 Å². The molecular formula is C13H19N3O3. The number of rotatable bonds is 5. The van der Waals surface area contributed by atoms with Crippen molar-refractivity contribution in [3.8, 4) is 0 Å². The van der Waals surface area contributed by atoms with Crippen molar-refractivity contribution in [3.63, 3.8) is 0 Å². The largest absolute Gasteiger partial charge is 0.446 e. The third-order valence-corrected chi connectivity index (χ3v) is 2.34. The summed E-state index contributed by atoms with van der Waals surface area (Å²) in [4.78, 5) is 13.5. The first-order chi connectivity index (χ1) is 9.04. The number of nitrogens with two attached hydrogens (primary N) is 1. The Morgan fingerprint density at radius 1 is 1.42 bits per heavy atom. The second-order valence-corrected chi connectivity index (χ2v) is 4.26. The van der Waals surface area contributed by atoms with Crippen LogP contribution in [-0.4, -0.2) is 29.8 Å². The van der Waals surface area contributed by atoms with Crippen LogP contribution in [-0.2, 0) is 4.74 Å². The van der Waals surface area contributed by atoms with E-state index >= 15 is 0 Å². The van der Waals surface area contributed by atoms with Crippen LogP contribution in [0.15, 0.2) is 35.5 Å². The molecular weight excluding hydrogens is 246 g/mol. The molecule has 0 aliphatic carbocycles. The van der Waals surface area contributed by atoms with Crippen LogP contribution in [0.25, 0.3) is 0 Å². The predicted octanol–water partition coefficient (Wildman–Crippen LogP) is 2.17. The highest BCUT2D eigenvalue weighted by Gasteiger charge is 2.18. The summed E-state index contributed by atoms with van der Waals surface area (Å²) in [6.45, 7) is 3.85. The average molecular weight is 265 g/mol. The van der Waals surface area contributed by atoms with E-state index in [2.05, 4.69) is 5.16 Å². The second-order valence-electron chi connectivity index (χ2n) is 4.26. The lowest BCUT2D eigenvalue weighted by Crippen LogP contribution is -2.35. The molecule has 0 bridgehead atoms. The highest BCUT2D eigenvalue weighted by atomic mass is 16.6. The third-order valence-electron chi connectivity index (χ3n) is 2.34. The van der Waals surface area contributed by atoms with Crippen molar-refractivity contribution in [1.82, 2.24) is 0 Å². The molecule has 0 aliphatic heterocycles. The maximum absolute atomic E-state index is 12.0. The first-order valence-corrected chi connectivity index (χ1v) is 6.04.